The van der Waals surface area contributed by atoms with E-state index in [2.05, 4.69) is 25.4 Å². The number of fused-ring (bicyclic) bond motifs is 2. The molecule has 0 saturated carbocycles. The van der Waals surface area contributed by atoms with Gasteiger partial charge in [-0.25, -0.2) is 18.6 Å². The fraction of sp³-hybridized carbons (Fsp3) is 0.143. The molecule has 1 atom stereocenters. The maximum atomic E-state index is 13.2. The molecule has 6 heterocycles. The van der Waals surface area contributed by atoms with E-state index in [0.717, 1.165) is 22.3 Å². The molecule has 0 spiro atoms. The molecule has 164 valence electrons. The molecular weight excluding hydrogens is 444 g/mol. The summed E-state index contributed by atoms with van der Waals surface area (Å²) in [4.78, 5) is 17.2. The number of hydrogen-bond donors (Lipinski definition) is 0. The van der Waals surface area contributed by atoms with Crippen molar-refractivity contribution < 1.29 is 4.59 Å². The average molecular weight is 462 g/mol. The van der Waals surface area contributed by atoms with Crippen LogP contribution in [0, 0.1) is 0 Å². The van der Waals surface area contributed by atoms with Crippen molar-refractivity contribution in [3.8, 4) is 11.1 Å². The Labute approximate surface area is 191 Å². The van der Waals surface area contributed by atoms with Crippen LogP contribution in [-0.4, -0.2) is 56.4 Å². The summed E-state index contributed by atoms with van der Waals surface area (Å²) >= 11 is 6.17. The Morgan fingerprint density at radius 1 is 1.00 bits per heavy atom. The lowest BCUT2D eigenvalue weighted by atomic mass is 10.2. The van der Waals surface area contributed by atoms with E-state index >= 15 is 0 Å². The van der Waals surface area contributed by atoms with Gasteiger partial charge in [0.25, 0.3) is 5.56 Å². The highest BCUT2D eigenvalue weighted by Crippen LogP contribution is 2.27. The van der Waals surface area contributed by atoms with Crippen LogP contribution in [0.5, 0.6) is 0 Å². The van der Waals surface area contributed by atoms with Gasteiger partial charge in [0.2, 0.25) is 0 Å². The first-order chi connectivity index (χ1) is 15.9. The van der Waals surface area contributed by atoms with Crippen molar-refractivity contribution in [3.05, 3.63) is 76.8 Å². The molecule has 1 unspecified atom stereocenters. The Morgan fingerprint density at radius 2 is 1.79 bits per heavy atom. The van der Waals surface area contributed by atoms with E-state index in [0.29, 0.717) is 22.9 Å². The molecule has 0 saturated heterocycles. The van der Waals surface area contributed by atoms with Gasteiger partial charge in [0.1, 0.15) is 29.9 Å². The standard InChI is InChI=1S/C21H18ClN10O/c1-28-7-16(5-24-28)14-4-19-21(33)29(12-26-31(19)8-14)13-32(2)10-17(6-27-32)15-3-18-20(22)23-11-25-30(18)9-15/h3-12H,13H2,1-2H3/q+1. The highest BCUT2D eigenvalue weighted by atomic mass is 35.5. The Kier molecular flexibility index (Phi) is 4.13. The smallest absolute Gasteiger partial charge is 0.275 e. The molecular formula is C21H18ClN10O+. The second-order valence-corrected chi connectivity index (χ2v) is 8.52. The van der Waals surface area contributed by atoms with Gasteiger partial charge in [-0.1, -0.05) is 16.7 Å². The summed E-state index contributed by atoms with van der Waals surface area (Å²) in [6, 6.07) is 3.74. The van der Waals surface area contributed by atoms with E-state index in [-0.39, 0.29) is 10.2 Å². The third-order valence-electron chi connectivity index (χ3n) is 5.64. The average Bonchev–Trinajstić information content (AvgIpc) is 3.55. The summed E-state index contributed by atoms with van der Waals surface area (Å²) in [6.45, 7) is 0.295. The van der Waals surface area contributed by atoms with E-state index in [4.69, 9.17) is 11.6 Å². The number of aryl methyl sites for hydroxylation is 1. The largest absolute Gasteiger partial charge is 0.282 e. The van der Waals surface area contributed by atoms with Crippen molar-refractivity contribution in [3.63, 3.8) is 0 Å². The Balaban J connectivity index is 1.33. The topological polar surface area (TPSA) is 99.7 Å². The Morgan fingerprint density at radius 3 is 2.58 bits per heavy atom. The number of quaternary nitrogens is 1. The van der Waals surface area contributed by atoms with Crippen LogP contribution < -0.4 is 5.56 Å². The maximum absolute atomic E-state index is 13.2. The molecule has 12 heteroatoms. The van der Waals surface area contributed by atoms with E-state index in [1.165, 1.54) is 12.7 Å². The first kappa shape index (κ1) is 19.6. The predicted octanol–water partition coefficient (Wildman–Crippen LogP) is 2.04. The zero-order chi connectivity index (χ0) is 22.7. The van der Waals surface area contributed by atoms with Gasteiger partial charge in [0, 0.05) is 42.3 Å². The van der Waals surface area contributed by atoms with Crippen LogP contribution in [0.1, 0.15) is 5.56 Å². The first-order valence-electron chi connectivity index (χ1n) is 10.1. The number of halogens is 1. The molecule has 5 aromatic heterocycles. The quantitative estimate of drug-likeness (QED) is 0.381. The minimum atomic E-state index is -0.145. The zero-order valence-electron chi connectivity index (χ0n) is 17.7. The fourth-order valence-electron chi connectivity index (χ4n) is 4.01. The van der Waals surface area contributed by atoms with Gasteiger partial charge in [0.15, 0.2) is 11.8 Å². The SMILES string of the molecule is Cn1cc(-c2cc3c(=O)n(C[N+]4(C)C=C(c5cc6c(Cl)ncnn6c5)C=N4)cnn3c2)cn1. The van der Waals surface area contributed by atoms with Gasteiger partial charge in [-0.15, -0.1) is 0 Å². The maximum Gasteiger partial charge on any atom is 0.282 e. The Bertz CT molecular complexity index is 1670. The minimum absolute atomic E-state index is 0.145. The molecule has 6 rings (SSSR count). The van der Waals surface area contributed by atoms with Gasteiger partial charge in [0.05, 0.1) is 25.0 Å². The molecule has 5 aromatic rings. The van der Waals surface area contributed by atoms with Crippen molar-refractivity contribution in [1.29, 1.82) is 0 Å². The third kappa shape index (κ3) is 3.25. The summed E-state index contributed by atoms with van der Waals surface area (Å²) in [6.07, 6.45) is 14.1. The number of hydrogen-bond acceptors (Lipinski definition) is 6. The van der Waals surface area contributed by atoms with Gasteiger partial charge >= 0.3 is 0 Å². The van der Waals surface area contributed by atoms with E-state index in [1.54, 1.807) is 30.7 Å². The number of nitrogens with zero attached hydrogens (tertiary/aromatic N) is 10. The van der Waals surface area contributed by atoms with Crippen LogP contribution >= 0.6 is 11.6 Å². The summed E-state index contributed by atoms with van der Waals surface area (Å²) in [5.74, 6) is 0. The number of allylic oxidation sites excluding steroid dienone is 1. The molecule has 11 nitrogen and oxygen atoms in total. The van der Waals surface area contributed by atoms with Gasteiger partial charge in [-0.3, -0.25) is 9.48 Å². The first-order valence-corrected chi connectivity index (χ1v) is 10.5. The lowest BCUT2D eigenvalue weighted by Crippen LogP contribution is -2.37. The lowest BCUT2D eigenvalue weighted by molar-refractivity contribution is -0.886. The summed E-state index contributed by atoms with van der Waals surface area (Å²) in [7, 11) is 3.77. The van der Waals surface area contributed by atoms with Crippen LogP contribution in [-0.2, 0) is 13.7 Å². The molecule has 0 aliphatic carbocycles. The molecule has 0 bridgehead atoms. The molecule has 1 aliphatic heterocycles. The zero-order valence-corrected chi connectivity index (χ0v) is 18.5. The second-order valence-electron chi connectivity index (χ2n) is 8.16. The number of aromatic nitrogens is 8. The van der Waals surface area contributed by atoms with Crippen molar-refractivity contribution in [2.45, 2.75) is 6.67 Å². The molecule has 0 aromatic carbocycles. The van der Waals surface area contributed by atoms with E-state index in [1.807, 2.05) is 51.0 Å². The van der Waals surface area contributed by atoms with Gasteiger partial charge in [-0.05, 0) is 12.1 Å². The molecule has 33 heavy (non-hydrogen) atoms. The summed E-state index contributed by atoms with van der Waals surface area (Å²) in [5.41, 5.74) is 4.69. The number of rotatable bonds is 4. The normalized spacial score (nSPS) is 18.0. The summed E-state index contributed by atoms with van der Waals surface area (Å²) in [5, 5.41) is 17.8. The van der Waals surface area contributed by atoms with Crippen molar-refractivity contribution >= 4 is 34.4 Å². The van der Waals surface area contributed by atoms with Crippen LogP contribution in [0.2, 0.25) is 5.15 Å². The van der Waals surface area contributed by atoms with Crippen LogP contribution in [0.25, 0.3) is 27.7 Å². The van der Waals surface area contributed by atoms with Crippen LogP contribution in [0.4, 0.5) is 0 Å². The molecule has 0 radical (unpaired) electrons. The van der Waals surface area contributed by atoms with Gasteiger partial charge in [-0.2, -0.15) is 19.9 Å². The van der Waals surface area contributed by atoms with E-state index < -0.39 is 0 Å². The fourth-order valence-corrected chi connectivity index (χ4v) is 4.19. The highest BCUT2D eigenvalue weighted by Gasteiger charge is 2.28. The highest BCUT2D eigenvalue weighted by molar-refractivity contribution is 6.32. The second kappa shape index (κ2) is 6.95. The predicted molar refractivity (Wildman–Crippen MR) is 122 cm³/mol. The molecule has 0 N–H and O–H groups in total. The molecule has 1 aliphatic rings. The summed E-state index contributed by atoms with van der Waals surface area (Å²) < 4.78 is 6.72. The van der Waals surface area contributed by atoms with Crippen molar-refractivity contribution in [2.24, 2.45) is 12.1 Å². The molecule has 0 fully saturated rings. The monoisotopic (exact) mass is 461 g/mol. The minimum Gasteiger partial charge on any atom is -0.275 e. The molecule has 0 amide bonds. The van der Waals surface area contributed by atoms with Crippen molar-refractivity contribution in [1.82, 2.24) is 38.6 Å². The van der Waals surface area contributed by atoms with E-state index in [9.17, 15) is 4.79 Å². The van der Waals surface area contributed by atoms with Crippen LogP contribution in [0.15, 0.2) is 65.7 Å². The Hall–Kier alpha value is -4.09. The van der Waals surface area contributed by atoms with Gasteiger partial charge < -0.3 is 0 Å². The lowest BCUT2D eigenvalue weighted by Gasteiger charge is -2.20. The van der Waals surface area contributed by atoms with Crippen LogP contribution in [0.3, 0.4) is 0 Å². The van der Waals surface area contributed by atoms with Crippen molar-refractivity contribution in [2.75, 3.05) is 7.05 Å². The third-order valence-corrected chi connectivity index (χ3v) is 5.93.